The number of carbonyl (C=O) groups excluding carboxylic acids is 1. The Kier molecular flexibility index (Phi) is 7.25. The maximum Gasteiger partial charge on any atom is 0.263 e. The lowest BCUT2D eigenvalue weighted by atomic mass is 10.1. The minimum absolute atomic E-state index is 0.180. The van der Waals surface area contributed by atoms with Crippen molar-refractivity contribution >= 4 is 27.3 Å². The summed E-state index contributed by atoms with van der Waals surface area (Å²) in [5, 5.41) is 3.68. The summed E-state index contributed by atoms with van der Waals surface area (Å²) in [5.41, 5.74) is 3.62. The zero-order chi connectivity index (χ0) is 22.6. The number of thiazole rings is 1. The third-order valence-corrected chi connectivity index (χ3v) is 7.53. The van der Waals surface area contributed by atoms with Crippen molar-refractivity contribution in [1.29, 1.82) is 0 Å². The Hall–Kier alpha value is -2.55. The number of amides is 1. The number of sulfonamides is 1. The van der Waals surface area contributed by atoms with Gasteiger partial charge >= 0.3 is 0 Å². The van der Waals surface area contributed by atoms with Gasteiger partial charge in [-0.25, -0.2) is 18.1 Å². The van der Waals surface area contributed by atoms with Gasteiger partial charge in [-0.05, 0) is 50.5 Å². The van der Waals surface area contributed by atoms with Crippen LogP contribution < -0.4 is 10.0 Å². The van der Waals surface area contributed by atoms with Gasteiger partial charge in [-0.1, -0.05) is 43.3 Å². The van der Waals surface area contributed by atoms with Crippen LogP contribution in [0.3, 0.4) is 0 Å². The smallest absolute Gasteiger partial charge is 0.263 e. The van der Waals surface area contributed by atoms with Crippen molar-refractivity contribution in [2.75, 3.05) is 0 Å². The molecule has 0 atom stereocenters. The third kappa shape index (κ3) is 5.78. The van der Waals surface area contributed by atoms with Gasteiger partial charge in [0.2, 0.25) is 10.0 Å². The molecule has 3 aromatic rings. The summed E-state index contributed by atoms with van der Waals surface area (Å²) in [6.07, 6.45) is 0.973. The largest absolute Gasteiger partial charge is 0.347 e. The summed E-state index contributed by atoms with van der Waals surface area (Å²) in [5.74, 6) is -0.222. The molecule has 6 nitrogen and oxygen atoms in total. The number of carbonyl (C=O) groups is 1. The van der Waals surface area contributed by atoms with Crippen molar-refractivity contribution in [2.45, 2.75) is 51.6 Å². The molecule has 0 radical (unpaired) electrons. The molecule has 2 aromatic carbocycles. The van der Waals surface area contributed by atoms with E-state index in [1.54, 1.807) is 38.1 Å². The van der Waals surface area contributed by atoms with Crippen molar-refractivity contribution in [3.8, 4) is 10.6 Å². The fraction of sp³-hybridized carbons (Fsp3) is 0.304. The quantitative estimate of drug-likeness (QED) is 0.528. The molecule has 164 valence electrons. The molecular weight excluding hydrogens is 430 g/mol. The number of benzene rings is 2. The lowest BCUT2D eigenvalue weighted by Crippen LogP contribution is -2.30. The van der Waals surface area contributed by atoms with Gasteiger partial charge in [0.15, 0.2) is 0 Å². The average Bonchev–Trinajstić information content (AvgIpc) is 3.13. The summed E-state index contributed by atoms with van der Waals surface area (Å²) in [6.45, 7) is 7.69. The molecule has 0 aliphatic carbocycles. The average molecular weight is 458 g/mol. The van der Waals surface area contributed by atoms with Crippen molar-refractivity contribution in [3.63, 3.8) is 0 Å². The first-order chi connectivity index (χ1) is 14.7. The lowest BCUT2D eigenvalue weighted by Gasteiger charge is -2.11. The van der Waals surface area contributed by atoms with Crippen LogP contribution >= 0.6 is 11.3 Å². The molecule has 0 fully saturated rings. The van der Waals surface area contributed by atoms with Gasteiger partial charge in [-0.3, -0.25) is 4.79 Å². The number of hydrogen-bond acceptors (Lipinski definition) is 5. The Morgan fingerprint density at radius 2 is 1.81 bits per heavy atom. The predicted molar refractivity (Wildman–Crippen MR) is 125 cm³/mol. The lowest BCUT2D eigenvalue weighted by molar-refractivity contribution is 0.0954. The first-order valence-electron chi connectivity index (χ1n) is 10.2. The number of nitrogens with one attached hydrogen (secondary N) is 2. The molecule has 0 aliphatic heterocycles. The first-order valence-corrected chi connectivity index (χ1v) is 12.5. The number of aromatic nitrogens is 1. The van der Waals surface area contributed by atoms with E-state index in [2.05, 4.69) is 34.1 Å². The van der Waals surface area contributed by atoms with E-state index in [1.165, 1.54) is 16.9 Å². The van der Waals surface area contributed by atoms with E-state index in [4.69, 9.17) is 0 Å². The van der Waals surface area contributed by atoms with E-state index < -0.39 is 10.0 Å². The highest BCUT2D eigenvalue weighted by molar-refractivity contribution is 7.89. The van der Waals surface area contributed by atoms with Gasteiger partial charge in [0.1, 0.15) is 9.88 Å². The molecule has 1 amide bonds. The summed E-state index contributed by atoms with van der Waals surface area (Å²) < 4.78 is 27.3. The van der Waals surface area contributed by atoms with E-state index in [0.29, 0.717) is 16.1 Å². The molecule has 0 aliphatic rings. The SMILES string of the molecule is CCc1ccc(-c2nc(C)c(C(=O)NCc3cccc(S(=O)(=O)NC(C)C)c3)s2)cc1. The van der Waals surface area contributed by atoms with Crippen LogP contribution in [0.15, 0.2) is 53.4 Å². The molecule has 8 heteroatoms. The van der Waals surface area contributed by atoms with Gasteiger partial charge in [0.25, 0.3) is 5.91 Å². The zero-order valence-electron chi connectivity index (χ0n) is 18.1. The molecule has 1 heterocycles. The minimum atomic E-state index is -3.58. The molecular formula is C23H27N3O3S2. The van der Waals surface area contributed by atoms with Crippen molar-refractivity contribution in [1.82, 2.24) is 15.0 Å². The fourth-order valence-electron chi connectivity index (χ4n) is 3.08. The van der Waals surface area contributed by atoms with E-state index in [0.717, 1.165) is 17.0 Å². The molecule has 2 N–H and O–H groups in total. The zero-order valence-corrected chi connectivity index (χ0v) is 19.7. The Balaban J connectivity index is 1.71. The van der Waals surface area contributed by atoms with Gasteiger partial charge in [-0.15, -0.1) is 11.3 Å². The maximum atomic E-state index is 12.7. The normalized spacial score (nSPS) is 11.6. The summed E-state index contributed by atoms with van der Waals surface area (Å²) >= 11 is 1.35. The summed E-state index contributed by atoms with van der Waals surface area (Å²) in [4.78, 5) is 18.0. The highest BCUT2D eigenvalue weighted by atomic mass is 32.2. The van der Waals surface area contributed by atoms with Crippen LogP contribution in [0.25, 0.3) is 10.6 Å². The molecule has 0 unspecified atom stereocenters. The minimum Gasteiger partial charge on any atom is -0.347 e. The molecule has 0 saturated carbocycles. The fourth-order valence-corrected chi connectivity index (χ4v) is 5.39. The second kappa shape index (κ2) is 9.72. The van der Waals surface area contributed by atoms with Gasteiger partial charge in [0.05, 0.1) is 10.6 Å². The van der Waals surface area contributed by atoms with Crippen LogP contribution in [-0.2, 0) is 23.0 Å². The molecule has 0 saturated heterocycles. The van der Waals surface area contributed by atoms with E-state index in [1.807, 2.05) is 19.1 Å². The maximum absolute atomic E-state index is 12.7. The Morgan fingerprint density at radius 3 is 2.45 bits per heavy atom. The van der Waals surface area contributed by atoms with Gasteiger partial charge in [-0.2, -0.15) is 0 Å². The highest BCUT2D eigenvalue weighted by Gasteiger charge is 2.18. The van der Waals surface area contributed by atoms with Crippen LogP contribution in [0.5, 0.6) is 0 Å². The van der Waals surface area contributed by atoms with Crippen LogP contribution in [0.2, 0.25) is 0 Å². The number of nitrogens with zero attached hydrogens (tertiary/aromatic N) is 1. The number of aryl methyl sites for hydroxylation is 2. The first kappa shape index (κ1) is 23.1. The summed E-state index contributed by atoms with van der Waals surface area (Å²) in [6, 6.07) is 14.6. The topological polar surface area (TPSA) is 88.2 Å². The second-order valence-corrected chi connectivity index (χ2v) is 10.3. The van der Waals surface area contributed by atoms with Gasteiger partial charge in [0, 0.05) is 18.2 Å². The monoisotopic (exact) mass is 457 g/mol. The van der Waals surface area contributed by atoms with E-state index in [9.17, 15) is 13.2 Å². The number of hydrogen-bond donors (Lipinski definition) is 2. The van der Waals surface area contributed by atoms with Crippen LogP contribution in [-0.4, -0.2) is 25.4 Å². The van der Waals surface area contributed by atoms with Crippen molar-refractivity contribution < 1.29 is 13.2 Å². The third-order valence-electron chi connectivity index (χ3n) is 4.66. The van der Waals surface area contributed by atoms with E-state index >= 15 is 0 Å². The Bertz CT molecular complexity index is 1170. The Labute approximate surface area is 187 Å². The molecule has 0 spiro atoms. The van der Waals surface area contributed by atoms with Crippen molar-refractivity contribution in [2.24, 2.45) is 0 Å². The standard InChI is InChI=1S/C23H27N3O3S2/c1-5-17-9-11-19(12-10-17)23-25-16(4)21(30-23)22(27)24-14-18-7-6-8-20(13-18)31(28,29)26-15(2)3/h6-13,15,26H,5,14H2,1-4H3,(H,24,27). The molecule has 3 rings (SSSR count). The van der Waals surface area contributed by atoms with Crippen molar-refractivity contribution in [3.05, 3.63) is 70.2 Å². The second-order valence-electron chi connectivity index (χ2n) is 7.59. The number of rotatable bonds is 8. The predicted octanol–water partition coefficient (Wildman–Crippen LogP) is 4.30. The van der Waals surface area contributed by atoms with E-state index in [-0.39, 0.29) is 23.4 Å². The highest BCUT2D eigenvalue weighted by Crippen LogP contribution is 2.28. The molecule has 1 aromatic heterocycles. The molecule has 31 heavy (non-hydrogen) atoms. The van der Waals surface area contributed by atoms with Crippen LogP contribution in [0.1, 0.15) is 47.3 Å². The van der Waals surface area contributed by atoms with Gasteiger partial charge < -0.3 is 5.32 Å². The van der Waals surface area contributed by atoms with Crippen LogP contribution in [0, 0.1) is 6.92 Å². The summed E-state index contributed by atoms with van der Waals surface area (Å²) in [7, 11) is -3.58. The van der Waals surface area contributed by atoms with Crippen LogP contribution in [0.4, 0.5) is 0 Å². The Morgan fingerprint density at radius 1 is 1.10 bits per heavy atom. The molecule has 0 bridgehead atoms.